The highest BCUT2D eigenvalue weighted by atomic mass is 16.5. The summed E-state index contributed by atoms with van der Waals surface area (Å²) in [4.78, 5) is 0. The lowest BCUT2D eigenvalue weighted by Gasteiger charge is -2.27. The first-order chi connectivity index (χ1) is 12.5. The molecule has 0 saturated carbocycles. The molecular weight excluding hydrogens is 322 g/mol. The van der Waals surface area contributed by atoms with Gasteiger partial charge in [-0.2, -0.15) is 4.57 Å². The number of pyridine rings is 1. The summed E-state index contributed by atoms with van der Waals surface area (Å²) < 4.78 is 14.7. The summed E-state index contributed by atoms with van der Waals surface area (Å²) in [5.41, 5.74) is 5.59. The number of ether oxygens (including phenoxy) is 2. The largest absolute Gasteiger partial charge is 0.487 e. The third-order valence-corrected chi connectivity index (χ3v) is 5.68. The summed E-state index contributed by atoms with van der Waals surface area (Å²) >= 11 is 0. The molecule has 0 N–H and O–H groups in total. The molecule has 1 aromatic carbocycles. The van der Waals surface area contributed by atoms with E-state index in [-0.39, 0.29) is 6.23 Å². The van der Waals surface area contributed by atoms with Crippen molar-refractivity contribution in [3.63, 3.8) is 0 Å². The third kappa shape index (κ3) is 3.08. The standard InChI is InChI=1S/C23H30NO2/c1-15(2)17-7-5-9-21-19(17)10-11-23(26-21)24-13-20(16(3)4)18-8-6-12-25-22(18)14-24/h5,7,9,13-16,23H,6,8,10-12H2,1-4H3/q+1. The second-order valence-electron chi connectivity index (χ2n) is 8.20. The van der Waals surface area contributed by atoms with Crippen LogP contribution in [0, 0.1) is 0 Å². The van der Waals surface area contributed by atoms with Gasteiger partial charge in [0.2, 0.25) is 6.20 Å². The van der Waals surface area contributed by atoms with E-state index in [1.807, 2.05) is 0 Å². The van der Waals surface area contributed by atoms with Gasteiger partial charge in [-0.15, -0.1) is 0 Å². The molecule has 1 aromatic heterocycles. The highest BCUT2D eigenvalue weighted by Gasteiger charge is 2.31. The molecule has 0 amide bonds. The second-order valence-corrected chi connectivity index (χ2v) is 8.20. The molecule has 3 heterocycles. The van der Waals surface area contributed by atoms with Crippen molar-refractivity contribution in [2.24, 2.45) is 0 Å². The maximum absolute atomic E-state index is 6.44. The van der Waals surface area contributed by atoms with Crippen LogP contribution in [0.25, 0.3) is 0 Å². The van der Waals surface area contributed by atoms with Gasteiger partial charge in [-0.05, 0) is 48.3 Å². The topological polar surface area (TPSA) is 22.3 Å². The molecule has 0 bridgehead atoms. The lowest BCUT2D eigenvalue weighted by molar-refractivity contribution is -0.755. The number of fused-ring (bicyclic) bond motifs is 2. The fourth-order valence-electron chi connectivity index (χ4n) is 4.30. The molecule has 0 aliphatic carbocycles. The number of hydrogen-bond acceptors (Lipinski definition) is 2. The molecule has 2 aromatic rings. The molecule has 1 unspecified atom stereocenters. The van der Waals surface area contributed by atoms with Crippen molar-refractivity contribution in [3.05, 3.63) is 52.8 Å². The van der Waals surface area contributed by atoms with Crippen molar-refractivity contribution < 1.29 is 14.0 Å². The van der Waals surface area contributed by atoms with Gasteiger partial charge >= 0.3 is 6.23 Å². The number of nitrogens with zero attached hydrogens (tertiary/aromatic N) is 1. The first-order valence-electron chi connectivity index (χ1n) is 10.0. The van der Waals surface area contributed by atoms with Gasteiger partial charge in [0.1, 0.15) is 5.75 Å². The zero-order valence-corrected chi connectivity index (χ0v) is 16.4. The fourth-order valence-corrected chi connectivity index (χ4v) is 4.30. The van der Waals surface area contributed by atoms with Gasteiger partial charge in [0.15, 0.2) is 11.9 Å². The highest BCUT2D eigenvalue weighted by molar-refractivity contribution is 5.43. The molecule has 0 saturated heterocycles. The average molecular weight is 352 g/mol. The van der Waals surface area contributed by atoms with Crippen LogP contribution in [-0.4, -0.2) is 6.61 Å². The Balaban J connectivity index is 1.69. The summed E-state index contributed by atoms with van der Waals surface area (Å²) in [7, 11) is 0. The van der Waals surface area contributed by atoms with Crippen molar-refractivity contribution in [1.29, 1.82) is 0 Å². The molecule has 3 nitrogen and oxygen atoms in total. The monoisotopic (exact) mass is 352 g/mol. The maximum atomic E-state index is 6.44. The molecular formula is C23H30NO2+. The molecule has 0 radical (unpaired) electrons. The predicted molar refractivity (Wildman–Crippen MR) is 103 cm³/mol. The number of rotatable bonds is 3. The van der Waals surface area contributed by atoms with E-state index in [1.54, 1.807) is 0 Å². The van der Waals surface area contributed by atoms with Crippen molar-refractivity contribution in [3.8, 4) is 11.5 Å². The zero-order valence-electron chi connectivity index (χ0n) is 16.4. The van der Waals surface area contributed by atoms with E-state index in [0.29, 0.717) is 11.8 Å². The van der Waals surface area contributed by atoms with Crippen LogP contribution in [0.15, 0.2) is 30.6 Å². The van der Waals surface area contributed by atoms with E-state index >= 15 is 0 Å². The lowest BCUT2D eigenvalue weighted by atomic mass is 9.92. The minimum absolute atomic E-state index is 0.0400. The smallest absolute Gasteiger partial charge is 0.302 e. The predicted octanol–water partition coefficient (Wildman–Crippen LogP) is 5.07. The van der Waals surface area contributed by atoms with E-state index in [2.05, 4.69) is 62.9 Å². The molecule has 138 valence electrons. The van der Waals surface area contributed by atoms with E-state index in [4.69, 9.17) is 9.47 Å². The zero-order chi connectivity index (χ0) is 18.3. The lowest BCUT2D eigenvalue weighted by Crippen LogP contribution is -2.45. The molecule has 2 aliphatic rings. The SMILES string of the molecule is CC(C)c1c[n+](C2CCc3c(cccc3C(C)C)O2)cc2c1CCCO2. The maximum Gasteiger partial charge on any atom is 0.302 e. The summed E-state index contributed by atoms with van der Waals surface area (Å²) in [6.07, 6.45) is 8.78. The molecule has 4 rings (SSSR count). The molecule has 2 aliphatic heterocycles. The van der Waals surface area contributed by atoms with E-state index in [9.17, 15) is 0 Å². The van der Waals surface area contributed by atoms with E-state index in [0.717, 1.165) is 43.8 Å². The van der Waals surface area contributed by atoms with Crippen LogP contribution < -0.4 is 14.0 Å². The summed E-state index contributed by atoms with van der Waals surface area (Å²) in [6.45, 7) is 9.86. The van der Waals surface area contributed by atoms with Crippen LogP contribution in [0.2, 0.25) is 0 Å². The van der Waals surface area contributed by atoms with Gasteiger partial charge in [-0.25, -0.2) is 0 Å². The van der Waals surface area contributed by atoms with Crippen LogP contribution in [0.4, 0.5) is 0 Å². The van der Waals surface area contributed by atoms with Gasteiger partial charge in [0.05, 0.1) is 13.0 Å². The van der Waals surface area contributed by atoms with Crippen molar-refractivity contribution in [2.75, 3.05) is 6.61 Å². The summed E-state index contributed by atoms with van der Waals surface area (Å²) in [5.74, 6) is 3.11. The van der Waals surface area contributed by atoms with Gasteiger partial charge in [-0.1, -0.05) is 39.8 Å². The first-order valence-corrected chi connectivity index (χ1v) is 10.0. The molecule has 26 heavy (non-hydrogen) atoms. The molecule has 1 atom stereocenters. The van der Waals surface area contributed by atoms with Gasteiger partial charge < -0.3 is 9.47 Å². The Kier molecular flexibility index (Phi) is 4.64. The number of benzene rings is 1. The van der Waals surface area contributed by atoms with Crippen LogP contribution >= 0.6 is 0 Å². The Morgan fingerprint density at radius 3 is 2.46 bits per heavy atom. The normalized spacial score (nSPS) is 18.9. The molecule has 0 fully saturated rings. The molecule has 0 spiro atoms. The highest BCUT2D eigenvalue weighted by Crippen LogP contribution is 2.36. The van der Waals surface area contributed by atoms with Gasteiger partial charge in [0, 0.05) is 11.1 Å². The first kappa shape index (κ1) is 17.4. The van der Waals surface area contributed by atoms with Crippen LogP contribution in [0.1, 0.15) is 80.9 Å². The Hall–Kier alpha value is -2.03. The van der Waals surface area contributed by atoms with Crippen molar-refractivity contribution in [2.45, 2.75) is 71.4 Å². The van der Waals surface area contributed by atoms with Crippen molar-refractivity contribution in [1.82, 2.24) is 0 Å². The van der Waals surface area contributed by atoms with Crippen LogP contribution in [0.5, 0.6) is 11.5 Å². The quantitative estimate of drug-likeness (QED) is 0.720. The van der Waals surface area contributed by atoms with Gasteiger partial charge in [0.25, 0.3) is 0 Å². The average Bonchev–Trinajstić information content (AvgIpc) is 2.65. The summed E-state index contributed by atoms with van der Waals surface area (Å²) in [5, 5.41) is 0. The Bertz CT molecular complexity index is 810. The number of hydrogen-bond donors (Lipinski definition) is 0. The minimum atomic E-state index is 0.0400. The van der Waals surface area contributed by atoms with Crippen LogP contribution in [0.3, 0.4) is 0 Å². The van der Waals surface area contributed by atoms with Crippen LogP contribution in [-0.2, 0) is 12.8 Å². The van der Waals surface area contributed by atoms with E-state index in [1.165, 1.54) is 22.3 Å². The van der Waals surface area contributed by atoms with E-state index < -0.39 is 0 Å². The number of aromatic nitrogens is 1. The minimum Gasteiger partial charge on any atom is -0.487 e. The Labute approximate surface area is 157 Å². The fraction of sp³-hybridized carbons (Fsp3) is 0.522. The Morgan fingerprint density at radius 1 is 0.923 bits per heavy atom. The third-order valence-electron chi connectivity index (χ3n) is 5.68. The van der Waals surface area contributed by atoms with Crippen molar-refractivity contribution >= 4 is 0 Å². The summed E-state index contributed by atoms with van der Waals surface area (Å²) in [6, 6.07) is 6.48. The Morgan fingerprint density at radius 2 is 1.69 bits per heavy atom. The second kappa shape index (κ2) is 6.94. The van der Waals surface area contributed by atoms with Gasteiger partial charge in [-0.3, -0.25) is 0 Å². The molecule has 3 heteroatoms.